The molecule has 102 valence electrons. The zero-order valence-corrected chi connectivity index (χ0v) is 11.7. The predicted molar refractivity (Wildman–Crippen MR) is 77.8 cm³/mol. The van der Waals surface area contributed by atoms with E-state index in [1.807, 2.05) is 43.0 Å². The van der Waals surface area contributed by atoms with Crippen molar-refractivity contribution in [1.82, 2.24) is 4.90 Å². The predicted octanol–water partition coefficient (Wildman–Crippen LogP) is 2.30. The van der Waals surface area contributed by atoms with Gasteiger partial charge in [0, 0.05) is 30.6 Å². The molecule has 2 N–H and O–H groups in total. The number of likely N-dealkylation sites (tertiary alicyclic amines) is 1. The number of hydrogen-bond acceptors (Lipinski definition) is 2. The van der Waals surface area contributed by atoms with E-state index in [1.54, 1.807) is 0 Å². The number of allylic oxidation sites excluding steroid dienone is 1. The van der Waals surface area contributed by atoms with Crippen LogP contribution in [0.25, 0.3) is 0 Å². The molecule has 0 radical (unpaired) electrons. The normalized spacial score (nSPS) is 24.4. The summed E-state index contributed by atoms with van der Waals surface area (Å²) in [6, 6.07) is 10.4. The molecule has 2 unspecified atom stereocenters. The monoisotopic (exact) mass is 258 g/mol. The Hall–Kier alpha value is -1.61. The van der Waals surface area contributed by atoms with Crippen molar-refractivity contribution in [2.45, 2.75) is 32.2 Å². The van der Waals surface area contributed by atoms with Crippen LogP contribution in [0.4, 0.5) is 0 Å². The maximum atomic E-state index is 12.1. The van der Waals surface area contributed by atoms with Crippen LogP contribution >= 0.6 is 0 Å². The Morgan fingerprint density at radius 1 is 1.37 bits per heavy atom. The first-order valence-electron chi connectivity index (χ1n) is 6.86. The van der Waals surface area contributed by atoms with Crippen molar-refractivity contribution >= 4 is 5.91 Å². The molecule has 3 heteroatoms. The fourth-order valence-corrected chi connectivity index (χ4v) is 2.65. The maximum absolute atomic E-state index is 12.1. The van der Waals surface area contributed by atoms with Gasteiger partial charge in [0.25, 0.3) is 0 Å². The highest BCUT2D eigenvalue weighted by Gasteiger charge is 2.30. The standard InChI is InChI=1S/C16H22N2O/c1-3-12(2)16(19)18-10-9-14(15(17)11-18)13-7-5-4-6-8-13/h3-8,14-15H,9-11,17H2,1-2H3/b12-3+. The van der Waals surface area contributed by atoms with Gasteiger partial charge in [-0.05, 0) is 25.8 Å². The van der Waals surface area contributed by atoms with E-state index in [2.05, 4.69) is 12.1 Å². The third-order valence-electron chi connectivity index (χ3n) is 3.94. The Kier molecular flexibility index (Phi) is 4.38. The van der Waals surface area contributed by atoms with Crippen LogP contribution in [0.1, 0.15) is 31.7 Å². The molecule has 1 aliphatic rings. The summed E-state index contributed by atoms with van der Waals surface area (Å²) in [5, 5.41) is 0. The molecular weight excluding hydrogens is 236 g/mol. The van der Waals surface area contributed by atoms with Gasteiger partial charge in [0.1, 0.15) is 0 Å². The van der Waals surface area contributed by atoms with Crippen molar-refractivity contribution in [2.24, 2.45) is 5.73 Å². The second kappa shape index (κ2) is 6.02. The molecule has 1 aromatic rings. The summed E-state index contributed by atoms with van der Waals surface area (Å²) < 4.78 is 0. The lowest BCUT2D eigenvalue weighted by atomic mass is 9.85. The molecule has 1 fully saturated rings. The first-order chi connectivity index (χ1) is 9.13. The van der Waals surface area contributed by atoms with Crippen LogP contribution < -0.4 is 5.73 Å². The smallest absolute Gasteiger partial charge is 0.249 e. The number of hydrogen-bond donors (Lipinski definition) is 1. The van der Waals surface area contributed by atoms with E-state index < -0.39 is 0 Å². The molecule has 0 aliphatic carbocycles. The molecular formula is C16H22N2O. The summed E-state index contributed by atoms with van der Waals surface area (Å²) in [5.41, 5.74) is 8.35. The zero-order chi connectivity index (χ0) is 13.8. The van der Waals surface area contributed by atoms with E-state index in [-0.39, 0.29) is 11.9 Å². The molecule has 2 rings (SSSR count). The van der Waals surface area contributed by atoms with Crippen molar-refractivity contribution in [1.29, 1.82) is 0 Å². The second-order valence-electron chi connectivity index (χ2n) is 5.19. The van der Waals surface area contributed by atoms with Crippen molar-refractivity contribution in [3.8, 4) is 0 Å². The Morgan fingerprint density at radius 2 is 2.05 bits per heavy atom. The maximum Gasteiger partial charge on any atom is 0.249 e. The summed E-state index contributed by atoms with van der Waals surface area (Å²) in [4.78, 5) is 14.0. The summed E-state index contributed by atoms with van der Waals surface area (Å²) in [7, 11) is 0. The minimum atomic E-state index is 0.0183. The molecule has 2 atom stereocenters. The average Bonchev–Trinajstić information content (AvgIpc) is 2.46. The fourth-order valence-electron chi connectivity index (χ4n) is 2.65. The lowest BCUT2D eigenvalue weighted by Gasteiger charge is -2.37. The lowest BCUT2D eigenvalue weighted by Crippen LogP contribution is -2.49. The van der Waals surface area contributed by atoms with E-state index in [0.29, 0.717) is 12.5 Å². The average molecular weight is 258 g/mol. The number of amides is 1. The van der Waals surface area contributed by atoms with E-state index in [1.165, 1.54) is 5.56 Å². The quantitative estimate of drug-likeness (QED) is 0.827. The first kappa shape index (κ1) is 13.8. The SMILES string of the molecule is C/C=C(\C)C(=O)N1CCC(c2ccccc2)C(N)C1. The third-order valence-corrected chi connectivity index (χ3v) is 3.94. The highest BCUT2D eigenvalue weighted by molar-refractivity contribution is 5.92. The molecule has 3 nitrogen and oxygen atoms in total. The number of benzene rings is 1. The van der Waals surface area contributed by atoms with Gasteiger partial charge in [0.15, 0.2) is 0 Å². The van der Waals surface area contributed by atoms with Crippen LogP contribution in [0.3, 0.4) is 0 Å². The van der Waals surface area contributed by atoms with Gasteiger partial charge >= 0.3 is 0 Å². The number of piperidine rings is 1. The van der Waals surface area contributed by atoms with Crippen molar-refractivity contribution in [3.63, 3.8) is 0 Å². The lowest BCUT2D eigenvalue weighted by molar-refractivity contribution is -0.128. The minimum Gasteiger partial charge on any atom is -0.337 e. The third kappa shape index (κ3) is 3.04. The number of nitrogens with two attached hydrogens (primary N) is 1. The Bertz CT molecular complexity index is 467. The van der Waals surface area contributed by atoms with Crippen LogP contribution in [-0.4, -0.2) is 29.9 Å². The van der Waals surface area contributed by atoms with Crippen molar-refractivity contribution < 1.29 is 4.79 Å². The van der Waals surface area contributed by atoms with Gasteiger partial charge in [-0.2, -0.15) is 0 Å². The number of nitrogens with zero attached hydrogens (tertiary/aromatic N) is 1. The zero-order valence-electron chi connectivity index (χ0n) is 11.7. The van der Waals surface area contributed by atoms with Gasteiger partial charge in [-0.1, -0.05) is 36.4 Å². The molecule has 19 heavy (non-hydrogen) atoms. The van der Waals surface area contributed by atoms with Gasteiger partial charge in [-0.3, -0.25) is 4.79 Å². The van der Waals surface area contributed by atoms with Crippen LogP contribution in [0.15, 0.2) is 42.0 Å². The Balaban J connectivity index is 2.05. The van der Waals surface area contributed by atoms with Crippen LogP contribution in [0.5, 0.6) is 0 Å². The summed E-state index contributed by atoms with van der Waals surface area (Å²) >= 11 is 0. The van der Waals surface area contributed by atoms with Gasteiger partial charge in [-0.15, -0.1) is 0 Å². The first-order valence-corrected chi connectivity index (χ1v) is 6.86. The molecule has 0 spiro atoms. The number of carbonyl (C=O) groups is 1. The topological polar surface area (TPSA) is 46.3 Å². The largest absolute Gasteiger partial charge is 0.337 e. The van der Waals surface area contributed by atoms with Gasteiger partial charge in [0.05, 0.1) is 0 Å². The Labute approximate surface area is 115 Å². The van der Waals surface area contributed by atoms with Gasteiger partial charge < -0.3 is 10.6 Å². The molecule has 1 aliphatic heterocycles. The highest BCUT2D eigenvalue weighted by atomic mass is 16.2. The van der Waals surface area contributed by atoms with Crippen LogP contribution in [0, 0.1) is 0 Å². The molecule has 1 aromatic carbocycles. The van der Waals surface area contributed by atoms with Crippen molar-refractivity contribution in [3.05, 3.63) is 47.5 Å². The number of carbonyl (C=O) groups excluding carboxylic acids is 1. The minimum absolute atomic E-state index is 0.0183. The Morgan fingerprint density at radius 3 is 2.63 bits per heavy atom. The molecule has 1 saturated heterocycles. The van der Waals surface area contributed by atoms with E-state index in [9.17, 15) is 4.79 Å². The molecule has 1 amide bonds. The van der Waals surface area contributed by atoms with E-state index in [0.717, 1.165) is 18.5 Å². The van der Waals surface area contributed by atoms with Crippen LogP contribution in [0.2, 0.25) is 0 Å². The molecule has 0 saturated carbocycles. The molecule has 0 bridgehead atoms. The molecule has 1 heterocycles. The number of rotatable bonds is 2. The van der Waals surface area contributed by atoms with Gasteiger partial charge in [0.2, 0.25) is 5.91 Å². The van der Waals surface area contributed by atoms with Crippen LogP contribution in [-0.2, 0) is 4.79 Å². The van der Waals surface area contributed by atoms with Gasteiger partial charge in [-0.25, -0.2) is 0 Å². The fraction of sp³-hybridized carbons (Fsp3) is 0.438. The molecule has 0 aromatic heterocycles. The summed E-state index contributed by atoms with van der Waals surface area (Å²) in [5.74, 6) is 0.473. The van der Waals surface area contributed by atoms with E-state index in [4.69, 9.17) is 5.73 Å². The summed E-state index contributed by atoms with van der Waals surface area (Å²) in [6.07, 6.45) is 2.80. The summed E-state index contributed by atoms with van der Waals surface area (Å²) in [6.45, 7) is 5.18. The second-order valence-corrected chi connectivity index (χ2v) is 5.19. The van der Waals surface area contributed by atoms with Crippen molar-refractivity contribution in [2.75, 3.05) is 13.1 Å². The van der Waals surface area contributed by atoms with E-state index >= 15 is 0 Å². The highest BCUT2D eigenvalue weighted by Crippen LogP contribution is 2.27.